The summed E-state index contributed by atoms with van der Waals surface area (Å²) in [5.41, 5.74) is 0.988. The zero-order valence-corrected chi connectivity index (χ0v) is 13.0. The smallest absolute Gasteiger partial charge is 0.234 e. The van der Waals surface area contributed by atoms with Crippen LogP contribution < -0.4 is 15.5 Å². The van der Waals surface area contributed by atoms with Crippen LogP contribution in [0.15, 0.2) is 18.3 Å². The van der Waals surface area contributed by atoms with Gasteiger partial charge in [-0.2, -0.15) is 0 Å². The van der Waals surface area contributed by atoms with Crippen LogP contribution in [0.3, 0.4) is 0 Å². The van der Waals surface area contributed by atoms with Gasteiger partial charge in [0.2, 0.25) is 5.91 Å². The van der Waals surface area contributed by atoms with Crippen LogP contribution in [-0.2, 0) is 20.8 Å². The van der Waals surface area contributed by atoms with Gasteiger partial charge in [-0.05, 0) is 11.6 Å². The highest BCUT2D eigenvalue weighted by molar-refractivity contribution is 5.77. The van der Waals surface area contributed by atoms with E-state index in [1.165, 1.54) is 0 Å². The van der Waals surface area contributed by atoms with E-state index in [4.69, 9.17) is 9.47 Å². The molecule has 1 aliphatic rings. The molecule has 2 heterocycles. The van der Waals surface area contributed by atoms with E-state index in [2.05, 4.69) is 20.5 Å². The zero-order chi connectivity index (χ0) is 15.6. The van der Waals surface area contributed by atoms with E-state index in [1.54, 1.807) is 7.11 Å². The van der Waals surface area contributed by atoms with Crippen molar-refractivity contribution in [1.82, 2.24) is 15.6 Å². The predicted molar refractivity (Wildman–Crippen MR) is 83.9 cm³/mol. The van der Waals surface area contributed by atoms with Crippen LogP contribution >= 0.6 is 0 Å². The van der Waals surface area contributed by atoms with E-state index in [0.717, 1.165) is 37.7 Å². The molecule has 0 unspecified atom stereocenters. The summed E-state index contributed by atoms with van der Waals surface area (Å²) in [5, 5.41) is 5.86. The maximum atomic E-state index is 11.6. The molecule has 0 saturated carbocycles. The Morgan fingerprint density at radius 3 is 2.91 bits per heavy atom. The quantitative estimate of drug-likeness (QED) is 0.646. The Kier molecular flexibility index (Phi) is 7.08. The van der Waals surface area contributed by atoms with Gasteiger partial charge in [-0.3, -0.25) is 4.79 Å². The molecule has 1 saturated heterocycles. The van der Waals surface area contributed by atoms with E-state index in [9.17, 15) is 4.79 Å². The van der Waals surface area contributed by atoms with E-state index in [-0.39, 0.29) is 5.91 Å². The Bertz CT molecular complexity index is 447. The number of ether oxygens (including phenoxy) is 2. The number of nitrogens with one attached hydrogen (secondary N) is 2. The summed E-state index contributed by atoms with van der Waals surface area (Å²) >= 11 is 0. The van der Waals surface area contributed by atoms with Gasteiger partial charge in [0.25, 0.3) is 0 Å². The fourth-order valence-corrected chi connectivity index (χ4v) is 2.14. The third kappa shape index (κ3) is 5.59. The van der Waals surface area contributed by atoms with Crippen LogP contribution in [0.5, 0.6) is 0 Å². The van der Waals surface area contributed by atoms with Crippen molar-refractivity contribution in [2.45, 2.75) is 6.54 Å². The van der Waals surface area contributed by atoms with Crippen LogP contribution in [0.1, 0.15) is 5.56 Å². The number of hydrogen-bond acceptors (Lipinski definition) is 6. The molecule has 22 heavy (non-hydrogen) atoms. The number of amides is 1. The summed E-state index contributed by atoms with van der Waals surface area (Å²) in [6.07, 6.45) is 1.81. The van der Waals surface area contributed by atoms with Crippen LogP contribution in [0.4, 0.5) is 5.82 Å². The molecular formula is C15H24N4O3. The number of carbonyl (C=O) groups excluding carboxylic acids is 1. The summed E-state index contributed by atoms with van der Waals surface area (Å²) in [6, 6.07) is 3.99. The number of nitrogens with zero attached hydrogens (tertiary/aromatic N) is 2. The van der Waals surface area contributed by atoms with Crippen molar-refractivity contribution in [3.8, 4) is 0 Å². The van der Waals surface area contributed by atoms with E-state index in [1.807, 2.05) is 18.3 Å². The first-order valence-electron chi connectivity index (χ1n) is 7.53. The number of hydrogen-bond donors (Lipinski definition) is 2. The monoisotopic (exact) mass is 308 g/mol. The van der Waals surface area contributed by atoms with Crippen molar-refractivity contribution in [2.24, 2.45) is 0 Å². The van der Waals surface area contributed by atoms with Crippen molar-refractivity contribution in [2.75, 3.05) is 58.0 Å². The highest BCUT2D eigenvalue weighted by Gasteiger charge is 2.11. The number of carbonyl (C=O) groups is 1. The Balaban J connectivity index is 1.70. The second-order valence-electron chi connectivity index (χ2n) is 5.07. The molecule has 0 aromatic carbocycles. The van der Waals surface area contributed by atoms with Crippen LogP contribution in [0.2, 0.25) is 0 Å². The molecule has 0 radical (unpaired) electrons. The van der Waals surface area contributed by atoms with Gasteiger partial charge in [-0.15, -0.1) is 0 Å². The first kappa shape index (κ1) is 16.7. The maximum absolute atomic E-state index is 11.6. The second-order valence-corrected chi connectivity index (χ2v) is 5.07. The Morgan fingerprint density at radius 1 is 1.41 bits per heavy atom. The molecule has 0 spiro atoms. The van der Waals surface area contributed by atoms with Crippen LogP contribution in [-0.4, -0.2) is 64.0 Å². The molecule has 2 N–H and O–H groups in total. The molecule has 0 aliphatic carbocycles. The molecule has 122 valence electrons. The third-order valence-corrected chi connectivity index (χ3v) is 3.40. The third-order valence-electron chi connectivity index (χ3n) is 3.40. The van der Waals surface area contributed by atoms with Crippen molar-refractivity contribution in [3.05, 3.63) is 23.9 Å². The van der Waals surface area contributed by atoms with Crippen LogP contribution in [0, 0.1) is 0 Å². The first-order chi connectivity index (χ1) is 10.8. The average molecular weight is 308 g/mol. The molecule has 1 aromatic heterocycles. The fraction of sp³-hybridized carbons (Fsp3) is 0.600. The minimum absolute atomic E-state index is 0.0339. The number of aromatic nitrogens is 1. The Hall–Kier alpha value is -1.70. The topological polar surface area (TPSA) is 75.7 Å². The Morgan fingerprint density at radius 2 is 2.23 bits per heavy atom. The normalized spacial score (nSPS) is 14.9. The van der Waals surface area contributed by atoms with Crippen molar-refractivity contribution >= 4 is 11.7 Å². The summed E-state index contributed by atoms with van der Waals surface area (Å²) in [4.78, 5) is 18.3. The van der Waals surface area contributed by atoms with Gasteiger partial charge in [0.05, 0.1) is 26.4 Å². The van der Waals surface area contributed by atoms with Gasteiger partial charge in [-0.25, -0.2) is 4.98 Å². The van der Waals surface area contributed by atoms with E-state index in [0.29, 0.717) is 26.2 Å². The molecule has 1 fully saturated rings. The maximum Gasteiger partial charge on any atom is 0.234 e. The minimum atomic E-state index is -0.0339. The highest BCUT2D eigenvalue weighted by Crippen LogP contribution is 2.12. The molecule has 1 aromatic rings. The summed E-state index contributed by atoms with van der Waals surface area (Å²) in [7, 11) is 1.63. The molecular weight excluding hydrogens is 284 g/mol. The summed E-state index contributed by atoms with van der Waals surface area (Å²) in [6.45, 7) is 5.28. The molecule has 7 nitrogen and oxygen atoms in total. The largest absolute Gasteiger partial charge is 0.383 e. The summed E-state index contributed by atoms with van der Waals surface area (Å²) in [5.74, 6) is 0.924. The number of rotatable bonds is 8. The highest BCUT2D eigenvalue weighted by atomic mass is 16.5. The van der Waals surface area contributed by atoms with Crippen LogP contribution in [0.25, 0.3) is 0 Å². The van der Waals surface area contributed by atoms with E-state index >= 15 is 0 Å². The predicted octanol–water partition coefficient (Wildman–Crippen LogP) is -0.230. The Labute approximate surface area is 131 Å². The second kappa shape index (κ2) is 9.34. The van der Waals surface area contributed by atoms with Gasteiger partial charge in [-0.1, -0.05) is 6.07 Å². The minimum Gasteiger partial charge on any atom is -0.383 e. The van der Waals surface area contributed by atoms with Gasteiger partial charge >= 0.3 is 0 Å². The molecule has 2 rings (SSSR count). The van der Waals surface area contributed by atoms with Gasteiger partial charge in [0.1, 0.15) is 5.82 Å². The zero-order valence-electron chi connectivity index (χ0n) is 13.0. The lowest BCUT2D eigenvalue weighted by molar-refractivity contribution is -0.120. The molecule has 1 aliphatic heterocycles. The lowest BCUT2D eigenvalue weighted by Gasteiger charge is -2.27. The molecule has 1 amide bonds. The van der Waals surface area contributed by atoms with Gasteiger partial charge < -0.3 is 25.0 Å². The standard InChI is InChI=1S/C15H24N4O3/c1-21-7-4-16-12-15(20)18-11-13-2-3-14(17-10-13)19-5-8-22-9-6-19/h2-3,10,16H,4-9,11-12H2,1H3,(H,18,20). The average Bonchev–Trinajstić information content (AvgIpc) is 2.58. The summed E-state index contributed by atoms with van der Waals surface area (Å²) < 4.78 is 10.2. The van der Waals surface area contributed by atoms with Crippen molar-refractivity contribution in [1.29, 1.82) is 0 Å². The number of morpholine rings is 1. The number of methoxy groups -OCH3 is 1. The molecule has 7 heteroatoms. The first-order valence-corrected chi connectivity index (χ1v) is 7.53. The number of anilines is 1. The lowest BCUT2D eigenvalue weighted by Crippen LogP contribution is -2.36. The van der Waals surface area contributed by atoms with Crippen molar-refractivity contribution in [3.63, 3.8) is 0 Å². The van der Waals surface area contributed by atoms with Gasteiger partial charge in [0.15, 0.2) is 0 Å². The number of pyridine rings is 1. The van der Waals surface area contributed by atoms with E-state index < -0.39 is 0 Å². The molecule has 0 atom stereocenters. The van der Waals surface area contributed by atoms with Gasteiger partial charge in [0, 0.05) is 39.5 Å². The lowest BCUT2D eigenvalue weighted by atomic mass is 10.2. The SMILES string of the molecule is COCCNCC(=O)NCc1ccc(N2CCOCC2)nc1. The van der Waals surface area contributed by atoms with Crippen molar-refractivity contribution < 1.29 is 14.3 Å². The fourth-order valence-electron chi connectivity index (χ4n) is 2.14. The molecule has 0 bridgehead atoms.